The molecule has 1 amide bonds. The van der Waals surface area contributed by atoms with E-state index in [0.717, 1.165) is 11.3 Å². The van der Waals surface area contributed by atoms with Crippen LogP contribution in [-0.2, 0) is 19.7 Å². The lowest BCUT2D eigenvalue weighted by atomic mass is 9.85. The Morgan fingerprint density at radius 2 is 1.76 bits per heavy atom. The zero-order valence-electron chi connectivity index (χ0n) is 17.4. The number of nitrogens with zero attached hydrogens (tertiary/aromatic N) is 2. The van der Waals surface area contributed by atoms with E-state index in [-0.39, 0.29) is 30.2 Å². The fraction of sp³-hybridized carbons (Fsp3) is 0.409. The molecule has 2 aromatic carbocycles. The number of amides is 1. The summed E-state index contributed by atoms with van der Waals surface area (Å²) in [6.45, 7) is 6.86. The minimum absolute atomic E-state index is 0.0155. The molecule has 7 nitrogen and oxygen atoms in total. The van der Waals surface area contributed by atoms with Gasteiger partial charge in [-0.05, 0) is 35.6 Å². The highest BCUT2D eigenvalue weighted by atomic mass is 16.7. The SMILES string of the molecule is COCOCCCC(=O)N(c1ccc([N+](=O)[O-])cc1)c1ccccc1C(C)(C)C. The first-order valence-corrected chi connectivity index (χ1v) is 9.49. The van der Waals surface area contributed by atoms with Crippen LogP contribution in [0.3, 0.4) is 0 Å². The first-order chi connectivity index (χ1) is 13.8. The molecule has 0 unspecified atom stereocenters. The summed E-state index contributed by atoms with van der Waals surface area (Å²) in [7, 11) is 1.55. The lowest BCUT2D eigenvalue weighted by Gasteiger charge is -2.30. The Kier molecular flexibility index (Phi) is 7.87. The average Bonchev–Trinajstić information content (AvgIpc) is 2.68. The first kappa shape index (κ1) is 22.5. The van der Waals surface area contributed by atoms with Crippen LogP contribution in [0, 0.1) is 10.1 Å². The van der Waals surface area contributed by atoms with Crippen LogP contribution in [-0.4, -0.2) is 31.3 Å². The monoisotopic (exact) mass is 400 g/mol. The number of benzene rings is 2. The Balaban J connectivity index is 2.39. The van der Waals surface area contributed by atoms with E-state index in [2.05, 4.69) is 20.8 Å². The van der Waals surface area contributed by atoms with Crippen molar-refractivity contribution in [1.82, 2.24) is 0 Å². The number of hydrogen-bond acceptors (Lipinski definition) is 5. The molecule has 0 saturated heterocycles. The number of rotatable bonds is 9. The fourth-order valence-electron chi connectivity index (χ4n) is 3.02. The van der Waals surface area contributed by atoms with Gasteiger partial charge in [0.2, 0.25) is 5.91 Å². The standard InChI is InChI=1S/C22H28N2O5/c1-22(2,3)19-8-5-6-9-20(19)23(21(25)10-7-15-29-16-28-4)17-11-13-18(14-12-17)24(26)27/h5-6,8-9,11-14H,7,10,15-16H2,1-4H3. The van der Waals surface area contributed by atoms with Gasteiger partial charge in [-0.2, -0.15) is 0 Å². The van der Waals surface area contributed by atoms with E-state index in [9.17, 15) is 14.9 Å². The van der Waals surface area contributed by atoms with E-state index < -0.39 is 4.92 Å². The molecule has 0 aliphatic carbocycles. The topological polar surface area (TPSA) is 81.9 Å². The number of methoxy groups -OCH3 is 1. The fourth-order valence-corrected chi connectivity index (χ4v) is 3.02. The van der Waals surface area contributed by atoms with Gasteiger partial charge >= 0.3 is 0 Å². The van der Waals surface area contributed by atoms with E-state index in [0.29, 0.717) is 18.7 Å². The number of nitro benzene ring substituents is 1. The maximum atomic E-state index is 13.2. The van der Waals surface area contributed by atoms with Crippen LogP contribution in [0.4, 0.5) is 17.1 Å². The zero-order valence-corrected chi connectivity index (χ0v) is 17.4. The molecule has 0 heterocycles. The number of anilines is 2. The summed E-state index contributed by atoms with van der Waals surface area (Å²) < 4.78 is 10.1. The minimum atomic E-state index is -0.452. The third-order valence-corrected chi connectivity index (χ3v) is 4.40. The zero-order chi connectivity index (χ0) is 21.4. The van der Waals surface area contributed by atoms with Crippen molar-refractivity contribution in [3.05, 3.63) is 64.2 Å². The van der Waals surface area contributed by atoms with Gasteiger partial charge in [0, 0.05) is 38.0 Å². The number of ether oxygens (including phenoxy) is 2. The van der Waals surface area contributed by atoms with Crippen molar-refractivity contribution in [3.63, 3.8) is 0 Å². The van der Waals surface area contributed by atoms with Crippen molar-refractivity contribution in [1.29, 1.82) is 0 Å². The number of carbonyl (C=O) groups is 1. The van der Waals surface area contributed by atoms with Gasteiger partial charge in [0.25, 0.3) is 5.69 Å². The van der Waals surface area contributed by atoms with Gasteiger partial charge in [-0.1, -0.05) is 39.0 Å². The number of nitro groups is 1. The molecule has 29 heavy (non-hydrogen) atoms. The molecule has 0 fully saturated rings. The van der Waals surface area contributed by atoms with Crippen molar-refractivity contribution in [2.75, 3.05) is 25.4 Å². The molecule has 0 bridgehead atoms. The summed E-state index contributed by atoms with van der Waals surface area (Å²) in [6.07, 6.45) is 0.822. The van der Waals surface area contributed by atoms with E-state index in [1.807, 2.05) is 24.3 Å². The third-order valence-electron chi connectivity index (χ3n) is 4.40. The smallest absolute Gasteiger partial charge is 0.269 e. The summed E-state index contributed by atoms with van der Waals surface area (Å²) in [4.78, 5) is 25.4. The molecular weight excluding hydrogens is 372 g/mol. The van der Waals surface area contributed by atoms with E-state index in [4.69, 9.17) is 9.47 Å². The van der Waals surface area contributed by atoms with Crippen molar-refractivity contribution in [2.45, 2.75) is 39.0 Å². The number of non-ortho nitro benzene ring substituents is 1. The molecule has 2 aromatic rings. The largest absolute Gasteiger partial charge is 0.359 e. The quantitative estimate of drug-likeness (QED) is 0.257. The molecule has 0 aliphatic heterocycles. The van der Waals surface area contributed by atoms with E-state index in [1.165, 1.54) is 12.1 Å². The van der Waals surface area contributed by atoms with E-state index in [1.54, 1.807) is 24.1 Å². The predicted molar refractivity (Wildman–Crippen MR) is 112 cm³/mol. The van der Waals surface area contributed by atoms with Crippen molar-refractivity contribution < 1.29 is 19.2 Å². The van der Waals surface area contributed by atoms with Crippen molar-refractivity contribution in [3.8, 4) is 0 Å². The molecule has 0 saturated carbocycles. The predicted octanol–water partition coefficient (Wildman–Crippen LogP) is 4.96. The molecular formula is C22H28N2O5. The van der Waals surface area contributed by atoms with Crippen molar-refractivity contribution >= 4 is 23.0 Å². The molecule has 7 heteroatoms. The Hall–Kier alpha value is -2.77. The van der Waals surface area contributed by atoms with Gasteiger partial charge in [-0.3, -0.25) is 19.8 Å². The van der Waals surface area contributed by atoms with Gasteiger partial charge in [0.05, 0.1) is 10.6 Å². The number of hydrogen-bond donors (Lipinski definition) is 0. The molecule has 0 aromatic heterocycles. The second-order valence-electron chi connectivity index (χ2n) is 7.69. The molecule has 0 spiro atoms. The second-order valence-corrected chi connectivity index (χ2v) is 7.69. The normalized spacial score (nSPS) is 11.3. The Labute approximate surface area is 171 Å². The second kappa shape index (κ2) is 10.1. The molecule has 156 valence electrons. The van der Waals surface area contributed by atoms with Gasteiger partial charge in [0.15, 0.2) is 0 Å². The van der Waals surface area contributed by atoms with Crippen LogP contribution < -0.4 is 4.90 Å². The highest BCUT2D eigenvalue weighted by molar-refractivity contribution is 6.01. The average molecular weight is 400 g/mol. The lowest BCUT2D eigenvalue weighted by molar-refractivity contribution is -0.384. The molecule has 0 aliphatic rings. The summed E-state index contributed by atoms with van der Waals surface area (Å²) in [5.74, 6) is -0.100. The minimum Gasteiger partial charge on any atom is -0.359 e. The van der Waals surface area contributed by atoms with Gasteiger partial charge in [-0.25, -0.2) is 0 Å². The summed E-state index contributed by atoms with van der Waals surface area (Å²) in [5, 5.41) is 11.0. The number of para-hydroxylation sites is 1. The highest BCUT2D eigenvalue weighted by Gasteiger charge is 2.25. The first-order valence-electron chi connectivity index (χ1n) is 9.49. The Bertz CT molecular complexity index is 828. The molecule has 2 rings (SSSR count). The summed E-state index contributed by atoms with van der Waals surface area (Å²) in [5.41, 5.74) is 2.18. The van der Waals surface area contributed by atoms with Gasteiger partial charge in [0.1, 0.15) is 6.79 Å². The van der Waals surface area contributed by atoms with Crippen LogP contribution in [0.25, 0.3) is 0 Å². The maximum Gasteiger partial charge on any atom is 0.269 e. The third kappa shape index (κ3) is 6.10. The van der Waals surface area contributed by atoms with E-state index >= 15 is 0 Å². The van der Waals surface area contributed by atoms with Gasteiger partial charge in [-0.15, -0.1) is 0 Å². The molecule has 0 atom stereocenters. The van der Waals surface area contributed by atoms with Crippen LogP contribution >= 0.6 is 0 Å². The Morgan fingerprint density at radius 3 is 2.34 bits per heavy atom. The lowest BCUT2D eigenvalue weighted by Crippen LogP contribution is -2.29. The highest BCUT2D eigenvalue weighted by Crippen LogP contribution is 2.36. The Morgan fingerprint density at radius 1 is 1.10 bits per heavy atom. The van der Waals surface area contributed by atoms with Crippen LogP contribution in [0.2, 0.25) is 0 Å². The maximum absolute atomic E-state index is 13.2. The molecule has 0 radical (unpaired) electrons. The van der Waals surface area contributed by atoms with Crippen LogP contribution in [0.1, 0.15) is 39.2 Å². The van der Waals surface area contributed by atoms with Gasteiger partial charge < -0.3 is 9.47 Å². The summed E-state index contributed by atoms with van der Waals surface area (Å²) in [6, 6.07) is 13.8. The number of carbonyl (C=O) groups excluding carboxylic acids is 1. The molecule has 0 N–H and O–H groups in total. The summed E-state index contributed by atoms with van der Waals surface area (Å²) >= 11 is 0. The van der Waals surface area contributed by atoms with Crippen LogP contribution in [0.15, 0.2) is 48.5 Å². The van der Waals surface area contributed by atoms with Crippen molar-refractivity contribution in [2.24, 2.45) is 0 Å². The van der Waals surface area contributed by atoms with Crippen LogP contribution in [0.5, 0.6) is 0 Å².